The quantitative estimate of drug-likeness (QED) is 0.822. The molecule has 0 spiro atoms. The normalized spacial score (nSPS) is 15.5. The highest BCUT2D eigenvalue weighted by atomic mass is 15.3. The van der Waals surface area contributed by atoms with Crippen LogP contribution in [0.4, 0.5) is 0 Å². The lowest BCUT2D eigenvalue weighted by Crippen LogP contribution is -2.37. The van der Waals surface area contributed by atoms with Gasteiger partial charge in [0.15, 0.2) is 0 Å². The van der Waals surface area contributed by atoms with E-state index in [1.54, 1.807) is 0 Å². The molecule has 1 rings (SSSR count). The molecular weight excluding hydrogens is 212 g/mol. The molecule has 0 bridgehead atoms. The molecule has 0 saturated heterocycles. The van der Waals surface area contributed by atoms with Crippen LogP contribution in [0.5, 0.6) is 0 Å². The van der Waals surface area contributed by atoms with Gasteiger partial charge in [0.1, 0.15) is 0 Å². The van der Waals surface area contributed by atoms with Gasteiger partial charge in [-0.1, -0.05) is 13.8 Å². The molecule has 0 aromatic carbocycles. The SMILES string of the molecule is CC(C)CC(C)N(C)C(CN)c1cnn(C)c1. The molecule has 0 aliphatic rings. The van der Waals surface area contributed by atoms with Crippen LogP contribution in [0, 0.1) is 5.92 Å². The summed E-state index contributed by atoms with van der Waals surface area (Å²) in [7, 11) is 4.09. The molecule has 0 radical (unpaired) electrons. The van der Waals surface area contributed by atoms with Crippen LogP contribution in [0.2, 0.25) is 0 Å². The first-order chi connectivity index (χ1) is 7.95. The highest BCUT2D eigenvalue weighted by molar-refractivity contribution is 5.11. The van der Waals surface area contributed by atoms with E-state index in [2.05, 4.69) is 44.0 Å². The van der Waals surface area contributed by atoms with Crippen molar-refractivity contribution in [2.75, 3.05) is 13.6 Å². The zero-order valence-corrected chi connectivity index (χ0v) is 11.7. The highest BCUT2D eigenvalue weighted by Crippen LogP contribution is 2.22. The van der Waals surface area contributed by atoms with Crippen LogP contribution < -0.4 is 5.73 Å². The van der Waals surface area contributed by atoms with Crippen molar-refractivity contribution in [3.63, 3.8) is 0 Å². The number of nitrogens with zero attached hydrogens (tertiary/aromatic N) is 3. The van der Waals surface area contributed by atoms with E-state index in [4.69, 9.17) is 5.73 Å². The first-order valence-corrected chi connectivity index (χ1v) is 6.36. The molecule has 1 aromatic heterocycles. The first-order valence-electron chi connectivity index (χ1n) is 6.36. The zero-order valence-electron chi connectivity index (χ0n) is 11.7. The minimum absolute atomic E-state index is 0.262. The lowest BCUT2D eigenvalue weighted by atomic mass is 10.0. The summed E-state index contributed by atoms with van der Waals surface area (Å²) in [6, 6.07) is 0.793. The number of hydrogen-bond acceptors (Lipinski definition) is 3. The van der Waals surface area contributed by atoms with Crippen molar-refractivity contribution >= 4 is 0 Å². The van der Waals surface area contributed by atoms with Gasteiger partial charge in [-0.2, -0.15) is 5.10 Å². The van der Waals surface area contributed by atoms with Crippen LogP contribution in [0.15, 0.2) is 12.4 Å². The number of rotatable bonds is 6. The lowest BCUT2D eigenvalue weighted by molar-refractivity contribution is 0.168. The summed E-state index contributed by atoms with van der Waals surface area (Å²) in [5.41, 5.74) is 7.11. The smallest absolute Gasteiger partial charge is 0.0538 e. The molecule has 1 aromatic rings. The van der Waals surface area contributed by atoms with Gasteiger partial charge in [-0.3, -0.25) is 9.58 Å². The van der Waals surface area contributed by atoms with E-state index in [0.717, 1.165) is 0 Å². The average molecular weight is 238 g/mol. The van der Waals surface area contributed by atoms with Crippen molar-refractivity contribution in [2.45, 2.75) is 39.3 Å². The first kappa shape index (κ1) is 14.2. The third-order valence-corrected chi connectivity index (χ3v) is 3.33. The van der Waals surface area contributed by atoms with Gasteiger partial charge in [-0.15, -0.1) is 0 Å². The second-order valence-electron chi connectivity index (χ2n) is 5.34. The van der Waals surface area contributed by atoms with E-state index in [1.165, 1.54) is 12.0 Å². The minimum atomic E-state index is 0.262. The molecule has 4 nitrogen and oxygen atoms in total. The molecule has 0 saturated carbocycles. The molecule has 0 fully saturated rings. The van der Waals surface area contributed by atoms with Crippen LogP contribution in [-0.2, 0) is 7.05 Å². The number of aryl methyl sites for hydroxylation is 1. The fraction of sp³-hybridized carbons (Fsp3) is 0.769. The monoisotopic (exact) mass is 238 g/mol. The second kappa shape index (κ2) is 6.17. The molecule has 4 heteroatoms. The maximum atomic E-state index is 5.90. The molecule has 2 atom stereocenters. The van der Waals surface area contributed by atoms with Gasteiger partial charge in [0, 0.05) is 31.4 Å². The molecule has 2 unspecified atom stereocenters. The van der Waals surface area contributed by atoms with E-state index >= 15 is 0 Å². The fourth-order valence-corrected chi connectivity index (χ4v) is 2.31. The van der Waals surface area contributed by atoms with Crippen molar-refractivity contribution < 1.29 is 0 Å². The largest absolute Gasteiger partial charge is 0.329 e. The summed E-state index contributed by atoms with van der Waals surface area (Å²) in [6.45, 7) is 7.40. The van der Waals surface area contributed by atoms with Crippen molar-refractivity contribution in [3.8, 4) is 0 Å². The minimum Gasteiger partial charge on any atom is -0.329 e. The summed E-state index contributed by atoms with van der Waals surface area (Å²) >= 11 is 0. The molecule has 1 heterocycles. The number of nitrogens with two attached hydrogens (primary N) is 1. The third-order valence-electron chi connectivity index (χ3n) is 3.33. The lowest BCUT2D eigenvalue weighted by Gasteiger charge is -2.32. The Kier molecular flexibility index (Phi) is 5.15. The second-order valence-corrected chi connectivity index (χ2v) is 5.34. The maximum absolute atomic E-state index is 5.90. The Labute approximate surface area is 105 Å². The number of likely N-dealkylation sites (N-methyl/N-ethyl adjacent to an activating group) is 1. The van der Waals surface area contributed by atoms with Gasteiger partial charge in [-0.25, -0.2) is 0 Å². The van der Waals surface area contributed by atoms with Gasteiger partial charge in [0.2, 0.25) is 0 Å². The van der Waals surface area contributed by atoms with Crippen LogP contribution in [0.25, 0.3) is 0 Å². The standard InChI is InChI=1S/C13H26N4/c1-10(2)6-11(3)17(5)13(7-14)12-8-15-16(4)9-12/h8-11,13H,6-7,14H2,1-5H3. The van der Waals surface area contributed by atoms with Gasteiger partial charge in [-0.05, 0) is 26.3 Å². The molecule has 17 heavy (non-hydrogen) atoms. The number of aromatic nitrogens is 2. The summed E-state index contributed by atoms with van der Waals surface area (Å²) in [5.74, 6) is 0.708. The average Bonchev–Trinajstić information content (AvgIpc) is 2.64. The van der Waals surface area contributed by atoms with Crippen molar-refractivity contribution in [1.82, 2.24) is 14.7 Å². The van der Waals surface area contributed by atoms with E-state index in [0.29, 0.717) is 18.5 Å². The maximum Gasteiger partial charge on any atom is 0.0538 e. The van der Waals surface area contributed by atoms with Crippen LogP contribution in [0.1, 0.15) is 38.8 Å². The van der Waals surface area contributed by atoms with Gasteiger partial charge in [0.05, 0.1) is 12.2 Å². The Balaban J connectivity index is 2.73. The van der Waals surface area contributed by atoms with Gasteiger partial charge < -0.3 is 5.73 Å². The Morgan fingerprint density at radius 1 is 1.41 bits per heavy atom. The summed E-state index contributed by atoms with van der Waals surface area (Å²) in [6.07, 6.45) is 5.15. The van der Waals surface area contributed by atoms with Crippen LogP contribution in [-0.4, -0.2) is 34.3 Å². The van der Waals surface area contributed by atoms with Crippen LogP contribution in [0.3, 0.4) is 0 Å². The van der Waals surface area contributed by atoms with Gasteiger partial charge >= 0.3 is 0 Å². The third kappa shape index (κ3) is 3.82. The summed E-state index contributed by atoms with van der Waals surface area (Å²) < 4.78 is 1.83. The van der Waals surface area contributed by atoms with Gasteiger partial charge in [0.25, 0.3) is 0 Å². The Morgan fingerprint density at radius 2 is 2.06 bits per heavy atom. The van der Waals surface area contributed by atoms with Crippen LogP contribution >= 0.6 is 0 Å². The Morgan fingerprint density at radius 3 is 2.47 bits per heavy atom. The number of hydrogen-bond donors (Lipinski definition) is 1. The summed E-state index contributed by atoms with van der Waals surface area (Å²) in [5, 5.41) is 4.22. The summed E-state index contributed by atoms with van der Waals surface area (Å²) in [4.78, 5) is 2.36. The molecule has 98 valence electrons. The molecular formula is C13H26N4. The van der Waals surface area contributed by atoms with E-state index in [9.17, 15) is 0 Å². The van der Waals surface area contributed by atoms with Crippen molar-refractivity contribution in [2.24, 2.45) is 18.7 Å². The Bertz CT molecular complexity index is 332. The van der Waals surface area contributed by atoms with Crippen molar-refractivity contribution in [3.05, 3.63) is 18.0 Å². The molecule has 2 N–H and O–H groups in total. The molecule has 0 aliphatic carbocycles. The Hall–Kier alpha value is -0.870. The molecule has 0 amide bonds. The van der Waals surface area contributed by atoms with Crippen molar-refractivity contribution in [1.29, 1.82) is 0 Å². The zero-order chi connectivity index (χ0) is 13.0. The highest BCUT2D eigenvalue weighted by Gasteiger charge is 2.21. The predicted octanol–water partition coefficient (Wildman–Crippen LogP) is 1.79. The predicted molar refractivity (Wildman–Crippen MR) is 71.7 cm³/mol. The fourth-order valence-electron chi connectivity index (χ4n) is 2.31. The topological polar surface area (TPSA) is 47.1 Å². The molecule has 0 aliphatic heterocycles. The van der Waals surface area contributed by atoms with E-state index in [-0.39, 0.29) is 6.04 Å². The van der Waals surface area contributed by atoms with E-state index in [1.807, 2.05) is 17.9 Å². The van der Waals surface area contributed by atoms with E-state index < -0.39 is 0 Å².